The number of carbonyl (C=O) groups is 2. The molecule has 3 aromatic carbocycles. The van der Waals surface area contributed by atoms with Crippen molar-refractivity contribution in [3.8, 4) is 11.5 Å². The highest BCUT2D eigenvalue weighted by atomic mass is 32.1. The summed E-state index contributed by atoms with van der Waals surface area (Å²) in [5.41, 5.74) is 2.14. The third-order valence-electron chi connectivity index (χ3n) is 6.63. The molecule has 1 atom stereocenters. The number of hydrogen-bond acceptors (Lipinski definition) is 7. The first-order chi connectivity index (χ1) is 19.4. The molecule has 7 nitrogen and oxygen atoms in total. The summed E-state index contributed by atoms with van der Waals surface area (Å²) in [6.45, 7) is 4.80. The van der Waals surface area contributed by atoms with Gasteiger partial charge >= 0.3 is 0 Å². The number of hydrogen-bond donors (Lipinski definition) is 1. The summed E-state index contributed by atoms with van der Waals surface area (Å²) < 4.78 is 12.1. The SMILES string of the molecule is COc1ccc2nc(N3C(=O)C(O)=C(C(=O)C=Cc4ccccc4)C3c3cccc(OCCC(C)C)c3)sc2c1. The number of aliphatic hydroxyl groups is 1. The molecular formula is C32H30N2O5S. The molecule has 0 saturated carbocycles. The second-order valence-corrected chi connectivity index (χ2v) is 10.9. The molecule has 40 heavy (non-hydrogen) atoms. The van der Waals surface area contributed by atoms with Crippen molar-refractivity contribution in [2.24, 2.45) is 5.92 Å². The largest absolute Gasteiger partial charge is 0.503 e. The minimum atomic E-state index is -0.892. The van der Waals surface area contributed by atoms with Crippen LogP contribution in [0, 0.1) is 5.92 Å². The van der Waals surface area contributed by atoms with Crippen LogP contribution in [0.3, 0.4) is 0 Å². The average molecular weight is 555 g/mol. The lowest BCUT2D eigenvalue weighted by molar-refractivity contribution is -0.117. The molecule has 0 aliphatic carbocycles. The Balaban J connectivity index is 1.56. The number of rotatable bonds is 10. The Hall–Kier alpha value is -4.43. The van der Waals surface area contributed by atoms with Crippen molar-refractivity contribution < 1.29 is 24.2 Å². The minimum absolute atomic E-state index is 0.00616. The molecule has 1 aliphatic rings. The average Bonchev–Trinajstić information content (AvgIpc) is 3.49. The number of aromatic nitrogens is 1. The maximum atomic E-state index is 13.6. The van der Waals surface area contributed by atoms with Gasteiger partial charge in [-0.25, -0.2) is 4.98 Å². The van der Waals surface area contributed by atoms with Gasteiger partial charge in [0.25, 0.3) is 5.91 Å². The zero-order chi connectivity index (χ0) is 28.2. The molecule has 0 bridgehead atoms. The molecule has 1 N–H and O–H groups in total. The molecule has 1 amide bonds. The van der Waals surface area contributed by atoms with Gasteiger partial charge in [-0.2, -0.15) is 0 Å². The van der Waals surface area contributed by atoms with Crippen LogP contribution in [-0.2, 0) is 9.59 Å². The van der Waals surface area contributed by atoms with E-state index in [0.717, 1.165) is 16.7 Å². The summed E-state index contributed by atoms with van der Waals surface area (Å²) in [5, 5.41) is 11.4. The molecular weight excluding hydrogens is 524 g/mol. The fourth-order valence-corrected chi connectivity index (χ4v) is 5.53. The van der Waals surface area contributed by atoms with Crippen LogP contribution in [-0.4, -0.2) is 35.5 Å². The topological polar surface area (TPSA) is 89.0 Å². The zero-order valence-corrected chi connectivity index (χ0v) is 23.4. The van der Waals surface area contributed by atoms with E-state index in [-0.39, 0.29) is 5.57 Å². The molecule has 0 spiro atoms. The maximum Gasteiger partial charge on any atom is 0.296 e. The third-order valence-corrected chi connectivity index (χ3v) is 7.65. The molecule has 8 heteroatoms. The van der Waals surface area contributed by atoms with Gasteiger partial charge in [-0.3, -0.25) is 14.5 Å². The number of benzene rings is 3. The normalized spacial score (nSPS) is 15.6. The summed E-state index contributed by atoms with van der Waals surface area (Å²) in [6.07, 6.45) is 3.95. The van der Waals surface area contributed by atoms with Gasteiger partial charge in [0, 0.05) is 0 Å². The van der Waals surface area contributed by atoms with E-state index < -0.39 is 23.5 Å². The van der Waals surface area contributed by atoms with E-state index in [2.05, 4.69) is 18.8 Å². The van der Waals surface area contributed by atoms with Crippen molar-refractivity contribution in [1.29, 1.82) is 0 Å². The van der Waals surface area contributed by atoms with Gasteiger partial charge in [-0.15, -0.1) is 0 Å². The Morgan fingerprint density at radius 1 is 1.07 bits per heavy atom. The van der Waals surface area contributed by atoms with E-state index in [1.54, 1.807) is 19.3 Å². The van der Waals surface area contributed by atoms with Gasteiger partial charge in [-0.05, 0) is 59.9 Å². The van der Waals surface area contributed by atoms with Gasteiger partial charge in [-0.1, -0.05) is 73.7 Å². The molecule has 5 rings (SSSR count). The predicted molar refractivity (Wildman–Crippen MR) is 158 cm³/mol. The Labute approximate surface area is 237 Å². The van der Waals surface area contributed by atoms with Crippen molar-refractivity contribution in [3.05, 3.63) is 101 Å². The number of amides is 1. The monoisotopic (exact) mass is 554 g/mol. The number of fused-ring (bicyclic) bond motifs is 1. The van der Waals surface area contributed by atoms with Crippen molar-refractivity contribution in [1.82, 2.24) is 4.98 Å². The van der Waals surface area contributed by atoms with Gasteiger partial charge < -0.3 is 14.6 Å². The smallest absolute Gasteiger partial charge is 0.296 e. The van der Waals surface area contributed by atoms with Crippen LogP contribution in [0.1, 0.15) is 37.4 Å². The number of ether oxygens (including phenoxy) is 2. The van der Waals surface area contributed by atoms with Crippen molar-refractivity contribution in [2.45, 2.75) is 26.3 Å². The second kappa shape index (κ2) is 11.8. The summed E-state index contributed by atoms with van der Waals surface area (Å²) in [5.74, 6) is 0.0495. The summed E-state index contributed by atoms with van der Waals surface area (Å²) in [7, 11) is 1.59. The highest BCUT2D eigenvalue weighted by molar-refractivity contribution is 7.22. The molecule has 0 saturated heterocycles. The lowest BCUT2D eigenvalue weighted by Crippen LogP contribution is -2.30. The van der Waals surface area contributed by atoms with Crippen LogP contribution < -0.4 is 14.4 Å². The Morgan fingerprint density at radius 3 is 2.62 bits per heavy atom. The molecule has 1 aliphatic heterocycles. The summed E-state index contributed by atoms with van der Waals surface area (Å²) >= 11 is 1.29. The predicted octanol–water partition coefficient (Wildman–Crippen LogP) is 6.91. The van der Waals surface area contributed by atoms with E-state index in [1.807, 2.05) is 66.7 Å². The van der Waals surface area contributed by atoms with E-state index >= 15 is 0 Å². The fourth-order valence-electron chi connectivity index (χ4n) is 4.51. The molecule has 0 fully saturated rings. The molecule has 1 unspecified atom stereocenters. The molecule has 2 heterocycles. The first-order valence-electron chi connectivity index (χ1n) is 13.1. The minimum Gasteiger partial charge on any atom is -0.503 e. The van der Waals surface area contributed by atoms with Crippen LogP contribution in [0.2, 0.25) is 0 Å². The summed E-state index contributed by atoms with van der Waals surface area (Å²) in [6, 6.07) is 21.2. The van der Waals surface area contributed by atoms with Gasteiger partial charge in [0.1, 0.15) is 11.5 Å². The lowest BCUT2D eigenvalue weighted by atomic mass is 9.95. The van der Waals surface area contributed by atoms with Crippen LogP contribution in [0.15, 0.2) is 90.2 Å². The number of ketones is 1. The number of methoxy groups -OCH3 is 1. The number of carbonyl (C=O) groups excluding carboxylic acids is 2. The number of nitrogens with zero attached hydrogens (tertiary/aromatic N) is 2. The molecule has 1 aromatic heterocycles. The maximum absolute atomic E-state index is 13.6. The fraction of sp³-hybridized carbons (Fsp3) is 0.219. The van der Waals surface area contributed by atoms with Crippen molar-refractivity contribution in [2.75, 3.05) is 18.6 Å². The highest BCUT2D eigenvalue weighted by Gasteiger charge is 2.45. The van der Waals surface area contributed by atoms with Crippen LogP contribution in [0.5, 0.6) is 11.5 Å². The first-order valence-corrected chi connectivity index (χ1v) is 13.9. The second-order valence-electron chi connectivity index (χ2n) is 9.88. The number of allylic oxidation sites excluding steroid dienone is 1. The Bertz CT molecular complexity index is 1610. The molecule has 204 valence electrons. The molecule has 0 radical (unpaired) electrons. The summed E-state index contributed by atoms with van der Waals surface area (Å²) in [4.78, 5) is 33.2. The van der Waals surface area contributed by atoms with Crippen molar-refractivity contribution in [3.63, 3.8) is 0 Å². The van der Waals surface area contributed by atoms with E-state index in [1.165, 1.54) is 22.3 Å². The van der Waals surface area contributed by atoms with E-state index in [0.29, 0.717) is 40.2 Å². The number of anilines is 1. The number of thiazole rings is 1. The highest BCUT2D eigenvalue weighted by Crippen LogP contribution is 2.44. The lowest BCUT2D eigenvalue weighted by Gasteiger charge is -2.24. The van der Waals surface area contributed by atoms with Gasteiger partial charge in [0.15, 0.2) is 16.7 Å². The number of aliphatic hydroxyl groups excluding tert-OH is 1. The quantitative estimate of drug-likeness (QED) is 0.214. The van der Waals surface area contributed by atoms with Gasteiger partial charge in [0.2, 0.25) is 0 Å². The standard InChI is InChI=1S/C32H30N2O5S/c1-20(2)16-17-39-24-11-7-10-22(18-24)29-28(26(35)15-12-21-8-5-4-6-9-21)30(36)31(37)34(29)32-33-25-14-13-23(38-3)19-27(25)40-32/h4-15,18-20,29,36H,16-17H2,1-3H3. The van der Waals surface area contributed by atoms with Crippen LogP contribution in [0.25, 0.3) is 16.3 Å². The van der Waals surface area contributed by atoms with Crippen molar-refractivity contribution >= 4 is 44.5 Å². The Morgan fingerprint density at radius 2 is 1.88 bits per heavy atom. The molecule has 4 aromatic rings. The van der Waals surface area contributed by atoms with E-state index in [9.17, 15) is 14.7 Å². The van der Waals surface area contributed by atoms with Crippen LogP contribution >= 0.6 is 11.3 Å². The Kier molecular flexibility index (Phi) is 7.98. The van der Waals surface area contributed by atoms with E-state index in [4.69, 9.17) is 9.47 Å². The first kappa shape index (κ1) is 27.1. The van der Waals surface area contributed by atoms with Crippen LogP contribution in [0.4, 0.5) is 5.13 Å². The zero-order valence-electron chi connectivity index (χ0n) is 22.5. The third kappa shape index (κ3) is 5.62. The van der Waals surface area contributed by atoms with Gasteiger partial charge in [0.05, 0.1) is 35.5 Å².